The predicted molar refractivity (Wildman–Crippen MR) is 71.6 cm³/mol. The number of thioether (sulfide) groups is 1. The van der Waals surface area contributed by atoms with Crippen molar-refractivity contribution in [3.05, 3.63) is 36.3 Å². The van der Waals surface area contributed by atoms with Crippen LogP contribution in [-0.2, 0) is 4.74 Å². The third-order valence-electron chi connectivity index (χ3n) is 3.03. The van der Waals surface area contributed by atoms with Gasteiger partial charge in [-0.1, -0.05) is 11.8 Å². The fourth-order valence-electron chi connectivity index (χ4n) is 2.01. The third kappa shape index (κ3) is 3.16. The Hall–Kier alpha value is -1.33. The van der Waals surface area contributed by atoms with E-state index in [0.29, 0.717) is 17.1 Å². The topological polar surface area (TPSA) is 35.3 Å². The normalized spacial score (nSPS) is 18.9. The summed E-state index contributed by atoms with van der Waals surface area (Å²) in [6.45, 7) is 0.859. The van der Waals surface area contributed by atoms with E-state index in [2.05, 4.69) is 4.98 Å². The number of rotatable bonds is 4. The van der Waals surface area contributed by atoms with Crippen LogP contribution in [0.25, 0.3) is 11.3 Å². The fraction of sp³-hybridized carbons (Fsp3) is 0.357. The van der Waals surface area contributed by atoms with E-state index in [4.69, 9.17) is 9.15 Å². The Morgan fingerprint density at radius 2 is 2.16 bits per heavy atom. The number of benzene rings is 1. The maximum atomic E-state index is 12.8. The van der Waals surface area contributed by atoms with Gasteiger partial charge < -0.3 is 9.15 Å². The molecule has 19 heavy (non-hydrogen) atoms. The molecule has 1 atom stereocenters. The second kappa shape index (κ2) is 5.75. The molecule has 100 valence electrons. The van der Waals surface area contributed by atoms with Crippen LogP contribution in [0.1, 0.15) is 12.8 Å². The lowest BCUT2D eigenvalue weighted by molar-refractivity contribution is 0.128. The second-order valence-corrected chi connectivity index (χ2v) is 5.41. The Kier molecular flexibility index (Phi) is 3.84. The zero-order valence-corrected chi connectivity index (χ0v) is 11.2. The molecule has 0 saturated carbocycles. The van der Waals surface area contributed by atoms with Crippen LogP contribution in [0.15, 0.2) is 40.1 Å². The smallest absolute Gasteiger partial charge is 0.256 e. The average molecular weight is 279 g/mol. The highest BCUT2D eigenvalue weighted by atomic mass is 32.2. The Morgan fingerprint density at radius 3 is 2.89 bits per heavy atom. The largest absolute Gasteiger partial charge is 0.431 e. The van der Waals surface area contributed by atoms with E-state index in [9.17, 15) is 4.39 Å². The molecule has 1 aromatic carbocycles. The van der Waals surface area contributed by atoms with Crippen molar-refractivity contribution >= 4 is 11.8 Å². The van der Waals surface area contributed by atoms with E-state index in [1.165, 1.54) is 12.1 Å². The van der Waals surface area contributed by atoms with E-state index in [1.807, 2.05) is 0 Å². The standard InChI is InChI=1S/C14H14FNO2S/c15-11-5-3-10(4-6-11)13-8-16-14(18-13)19-9-12-2-1-7-17-12/h3-6,8,12H,1-2,7,9H2. The van der Waals surface area contributed by atoms with Crippen LogP contribution >= 0.6 is 11.8 Å². The van der Waals surface area contributed by atoms with Gasteiger partial charge in [-0.3, -0.25) is 0 Å². The van der Waals surface area contributed by atoms with Gasteiger partial charge >= 0.3 is 0 Å². The van der Waals surface area contributed by atoms with Crippen molar-refractivity contribution in [3.63, 3.8) is 0 Å². The average Bonchev–Trinajstić information content (AvgIpc) is 3.09. The van der Waals surface area contributed by atoms with Crippen molar-refractivity contribution in [3.8, 4) is 11.3 Å². The Morgan fingerprint density at radius 1 is 1.32 bits per heavy atom. The minimum absolute atomic E-state index is 0.253. The van der Waals surface area contributed by atoms with Gasteiger partial charge in [0.05, 0.1) is 12.3 Å². The van der Waals surface area contributed by atoms with E-state index < -0.39 is 0 Å². The van der Waals surface area contributed by atoms with Gasteiger partial charge in [-0.15, -0.1) is 0 Å². The maximum absolute atomic E-state index is 12.8. The summed E-state index contributed by atoms with van der Waals surface area (Å²) in [5.41, 5.74) is 0.831. The minimum atomic E-state index is -0.253. The van der Waals surface area contributed by atoms with Crippen LogP contribution in [0.4, 0.5) is 4.39 Å². The molecule has 0 spiro atoms. The second-order valence-electron chi connectivity index (χ2n) is 4.44. The molecule has 2 aromatic rings. The summed E-state index contributed by atoms with van der Waals surface area (Å²) in [6.07, 6.45) is 4.23. The van der Waals surface area contributed by atoms with Crippen molar-refractivity contribution in [1.82, 2.24) is 4.98 Å². The Bertz CT molecular complexity index is 535. The van der Waals surface area contributed by atoms with Crippen LogP contribution in [0.2, 0.25) is 0 Å². The van der Waals surface area contributed by atoms with E-state index in [0.717, 1.165) is 30.8 Å². The molecule has 0 radical (unpaired) electrons. The molecule has 0 N–H and O–H groups in total. The number of oxazole rings is 1. The quantitative estimate of drug-likeness (QED) is 0.798. The zero-order chi connectivity index (χ0) is 13.1. The van der Waals surface area contributed by atoms with E-state index in [-0.39, 0.29) is 5.82 Å². The molecular weight excluding hydrogens is 265 g/mol. The van der Waals surface area contributed by atoms with Crippen molar-refractivity contribution in [2.75, 3.05) is 12.4 Å². The van der Waals surface area contributed by atoms with Crippen LogP contribution in [0.5, 0.6) is 0 Å². The zero-order valence-electron chi connectivity index (χ0n) is 10.3. The first-order chi connectivity index (χ1) is 9.31. The molecule has 0 bridgehead atoms. The molecule has 5 heteroatoms. The maximum Gasteiger partial charge on any atom is 0.256 e. The SMILES string of the molecule is Fc1ccc(-c2cnc(SCC3CCCO3)o2)cc1. The third-order valence-corrected chi connectivity index (χ3v) is 4.00. The molecule has 0 amide bonds. The lowest BCUT2D eigenvalue weighted by atomic mass is 10.2. The van der Waals surface area contributed by atoms with Gasteiger partial charge in [0.2, 0.25) is 0 Å². The lowest BCUT2D eigenvalue weighted by Gasteiger charge is -2.05. The Labute approximate surface area is 115 Å². The van der Waals surface area contributed by atoms with E-state index in [1.54, 1.807) is 30.1 Å². The summed E-state index contributed by atoms with van der Waals surface area (Å²) in [5, 5.41) is 0.634. The van der Waals surface area contributed by atoms with Gasteiger partial charge in [0.1, 0.15) is 5.82 Å². The lowest BCUT2D eigenvalue weighted by Crippen LogP contribution is -2.07. The predicted octanol–water partition coefficient (Wildman–Crippen LogP) is 3.75. The van der Waals surface area contributed by atoms with Gasteiger partial charge in [0.15, 0.2) is 5.76 Å². The summed E-state index contributed by atoms with van der Waals surface area (Å²) in [5.74, 6) is 1.27. The van der Waals surface area contributed by atoms with Crippen LogP contribution < -0.4 is 0 Å². The summed E-state index contributed by atoms with van der Waals surface area (Å²) in [7, 11) is 0. The van der Waals surface area contributed by atoms with Crippen LogP contribution in [0, 0.1) is 5.82 Å². The molecular formula is C14H14FNO2S. The monoisotopic (exact) mass is 279 g/mol. The van der Waals surface area contributed by atoms with Gasteiger partial charge in [-0.05, 0) is 37.1 Å². The van der Waals surface area contributed by atoms with Crippen molar-refractivity contribution in [2.45, 2.75) is 24.2 Å². The number of hydrogen-bond donors (Lipinski definition) is 0. The number of halogens is 1. The minimum Gasteiger partial charge on any atom is -0.431 e. The first-order valence-corrected chi connectivity index (χ1v) is 7.26. The molecule has 3 nitrogen and oxygen atoms in total. The van der Waals surface area contributed by atoms with E-state index >= 15 is 0 Å². The first-order valence-electron chi connectivity index (χ1n) is 6.27. The molecule has 1 aliphatic heterocycles. The summed E-state index contributed by atoms with van der Waals surface area (Å²) >= 11 is 1.56. The van der Waals surface area contributed by atoms with Crippen molar-refractivity contribution in [2.24, 2.45) is 0 Å². The highest BCUT2D eigenvalue weighted by Gasteiger charge is 2.17. The number of nitrogens with zero attached hydrogens (tertiary/aromatic N) is 1. The van der Waals surface area contributed by atoms with Gasteiger partial charge in [-0.25, -0.2) is 9.37 Å². The molecule has 1 saturated heterocycles. The Balaban J connectivity index is 1.63. The highest BCUT2D eigenvalue weighted by Crippen LogP contribution is 2.27. The number of aromatic nitrogens is 1. The van der Waals surface area contributed by atoms with Crippen LogP contribution in [0.3, 0.4) is 0 Å². The van der Waals surface area contributed by atoms with Crippen molar-refractivity contribution < 1.29 is 13.5 Å². The summed E-state index contributed by atoms with van der Waals surface area (Å²) in [4.78, 5) is 4.22. The summed E-state index contributed by atoms with van der Waals surface area (Å²) in [6, 6.07) is 6.20. The highest BCUT2D eigenvalue weighted by molar-refractivity contribution is 7.99. The number of ether oxygens (including phenoxy) is 1. The van der Waals surface area contributed by atoms with Crippen molar-refractivity contribution in [1.29, 1.82) is 0 Å². The number of hydrogen-bond acceptors (Lipinski definition) is 4. The molecule has 1 unspecified atom stereocenters. The first kappa shape index (κ1) is 12.7. The summed E-state index contributed by atoms with van der Waals surface area (Å²) < 4.78 is 24.0. The van der Waals surface area contributed by atoms with Crippen LogP contribution in [-0.4, -0.2) is 23.4 Å². The molecule has 1 aliphatic rings. The van der Waals surface area contributed by atoms with Gasteiger partial charge in [0.25, 0.3) is 5.22 Å². The molecule has 0 aliphatic carbocycles. The van der Waals surface area contributed by atoms with Gasteiger partial charge in [-0.2, -0.15) is 0 Å². The fourth-order valence-corrected chi connectivity index (χ4v) is 2.88. The molecule has 1 aromatic heterocycles. The molecule has 2 heterocycles. The molecule has 1 fully saturated rings. The van der Waals surface area contributed by atoms with Gasteiger partial charge in [0, 0.05) is 17.9 Å². The molecule has 3 rings (SSSR count).